The highest BCUT2D eigenvalue weighted by atomic mass is 16.4. The Hall–Kier alpha value is -1.29. The quantitative estimate of drug-likeness (QED) is 0.675. The van der Waals surface area contributed by atoms with Gasteiger partial charge in [0.25, 0.3) is 0 Å². The van der Waals surface area contributed by atoms with Crippen molar-refractivity contribution < 1.29 is 14.3 Å². The maximum atomic E-state index is 10.2. The molecule has 0 spiro atoms. The second-order valence-electron chi connectivity index (χ2n) is 2.26. The maximum Gasteiger partial charge on any atom is 0.305 e. The average Bonchev–Trinajstić information content (AvgIpc) is 2.35. The molecule has 0 saturated heterocycles. The van der Waals surface area contributed by atoms with Crippen molar-refractivity contribution in [1.82, 2.24) is 0 Å². The number of carboxylic acids is 1. The van der Waals surface area contributed by atoms with Gasteiger partial charge in [-0.25, -0.2) is 0 Å². The molecule has 0 bridgehead atoms. The van der Waals surface area contributed by atoms with Crippen LogP contribution in [-0.2, 0) is 4.79 Å². The third kappa shape index (κ3) is 2.09. The van der Waals surface area contributed by atoms with Crippen LogP contribution >= 0.6 is 0 Å². The Morgan fingerprint density at radius 1 is 1.82 bits per heavy atom. The lowest BCUT2D eigenvalue weighted by Gasteiger charge is -2.03. The number of hydrogen-bond acceptors (Lipinski definition) is 3. The molecule has 0 radical (unpaired) electrons. The highest BCUT2D eigenvalue weighted by molar-refractivity contribution is 5.67. The minimum atomic E-state index is -0.904. The van der Waals surface area contributed by atoms with Crippen LogP contribution in [0.4, 0.5) is 0 Å². The molecule has 0 unspecified atom stereocenters. The van der Waals surface area contributed by atoms with Crippen molar-refractivity contribution >= 4 is 5.97 Å². The molecule has 60 valence electrons. The zero-order chi connectivity index (χ0) is 8.27. The van der Waals surface area contributed by atoms with Gasteiger partial charge >= 0.3 is 5.97 Å². The van der Waals surface area contributed by atoms with E-state index in [-0.39, 0.29) is 6.42 Å². The zero-order valence-electron chi connectivity index (χ0n) is 5.86. The van der Waals surface area contributed by atoms with Crippen molar-refractivity contribution in [2.75, 3.05) is 0 Å². The van der Waals surface area contributed by atoms with E-state index in [0.717, 1.165) is 0 Å². The Balaban J connectivity index is 2.56. The first-order chi connectivity index (χ1) is 5.20. The van der Waals surface area contributed by atoms with Crippen molar-refractivity contribution in [3.8, 4) is 0 Å². The number of nitrogens with two attached hydrogens (primary N) is 1. The molecule has 4 heteroatoms. The van der Waals surface area contributed by atoms with E-state index in [0.29, 0.717) is 5.56 Å². The number of rotatable bonds is 3. The predicted molar refractivity (Wildman–Crippen MR) is 37.9 cm³/mol. The summed E-state index contributed by atoms with van der Waals surface area (Å²) in [5.74, 6) is -0.904. The molecule has 1 heterocycles. The van der Waals surface area contributed by atoms with Crippen LogP contribution in [0.1, 0.15) is 18.0 Å². The number of hydrogen-bond donors (Lipinski definition) is 2. The van der Waals surface area contributed by atoms with Gasteiger partial charge in [-0.3, -0.25) is 4.79 Å². The van der Waals surface area contributed by atoms with Crippen molar-refractivity contribution in [3.63, 3.8) is 0 Å². The van der Waals surface area contributed by atoms with Crippen LogP contribution < -0.4 is 5.73 Å². The van der Waals surface area contributed by atoms with Gasteiger partial charge in [0.2, 0.25) is 0 Å². The first-order valence-electron chi connectivity index (χ1n) is 3.19. The lowest BCUT2D eigenvalue weighted by molar-refractivity contribution is -0.137. The van der Waals surface area contributed by atoms with Crippen LogP contribution in [0.2, 0.25) is 0 Å². The summed E-state index contributed by atoms with van der Waals surface area (Å²) in [5, 5.41) is 8.37. The van der Waals surface area contributed by atoms with Gasteiger partial charge in [-0.05, 0) is 6.07 Å². The summed E-state index contributed by atoms with van der Waals surface area (Å²) >= 11 is 0. The van der Waals surface area contributed by atoms with Crippen LogP contribution in [0.3, 0.4) is 0 Å². The Kier molecular flexibility index (Phi) is 2.28. The van der Waals surface area contributed by atoms with Gasteiger partial charge in [-0.1, -0.05) is 0 Å². The van der Waals surface area contributed by atoms with E-state index >= 15 is 0 Å². The first kappa shape index (κ1) is 7.81. The van der Waals surface area contributed by atoms with E-state index in [4.69, 9.17) is 15.3 Å². The molecule has 0 amide bonds. The molecule has 4 nitrogen and oxygen atoms in total. The summed E-state index contributed by atoms with van der Waals surface area (Å²) in [5.41, 5.74) is 6.21. The van der Waals surface area contributed by atoms with Crippen LogP contribution in [0.5, 0.6) is 0 Å². The van der Waals surface area contributed by atoms with Gasteiger partial charge in [0, 0.05) is 11.6 Å². The van der Waals surface area contributed by atoms with E-state index in [2.05, 4.69) is 0 Å². The Morgan fingerprint density at radius 2 is 2.55 bits per heavy atom. The Morgan fingerprint density at radius 3 is 3.00 bits per heavy atom. The number of carboxylic acid groups (broad SMARTS) is 1. The van der Waals surface area contributed by atoms with E-state index in [1.807, 2.05) is 0 Å². The maximum absolute atomic E-state index is 10.2. The van der Waals surface area contributed by atoms with Crippen molar-refractivity contribution in [2.45, 2.75) is 12.5 Å². The number of furan rings is 1. The van der Waals surface area contributed by atoms with E-state index in [1.54, 1.807) is 6.07 Å². The summed E-state index contributed by atoms with van der Waals surface area (Å²) in [6, 6.07) is 1.19. The molecule has 0 aromatic carbocycles. The second-order valence-corrected chi connectivity index (χ2v) is 2.26. The molecule has 1 rings (SSSR count). The van der Waals surface area contributed by atoms with Gasteiger partial charge in [0.1, 0.15) is 0 Å². The molecule has 0 aliphatic heterocycles. The zero-order valence-corrected chi connectivity index (χ0v) is 5.86. The summed E-state index contributed by atoms with van der Waals surface area (Å²) in [4.78, 5) is 10.2. The SMILES string of the molecule is N[C@@H](CC(=O)O)c1ccoc1. The number of aliphatic carboxylic acids is 1. The summed E-state index contributed by atoms with van der Waals surface area (Å²) in [7, 11) is 0. The Bertz CT molecular complexity index is 230. The molecule has 0 saturated carbocycles. The van der Waals surface area contributed by atoms with Gasteiger partial charge in [-0.15, -0.1) is 0 Å². The monoisotopic (exact) mass is 155 g/mol. The summed E-state index contributed by atoms with van der Waals surface area (Å²) in [6.07, 6.45) is 2.85. The van der Waals surface area contributed by atoms with Gasteiger partial charge in [0.15, 0.2) is 0 Å². The van der Waals surface area contributed by atoms with Gasteiger partial charge < -0.3 is 15.3 Å². The third-order valence-corrected chi connectivity index (χ3v) is 1.37. The number of carbonyl (C=O) groups is 1. The van der Waals surface area contributed by atoms with Crippen molar-refractivity contribution in [1.29, 1.82) is 0 Å². The van der Waals surface area contributed by atoms with E-state index in [1.165, 1.54) is 12.5 Å². The third-order valence-electron chi connectivity index (χ3n) is 1.37. The summed E-state index contributed by atoms with van der Waals surface area (Å²) < 4.78 is 4.74. The van der Waals surface area contributed by atoms with Crippen LogP contribution in [-0.4, -0.2) is 11.1 Å². The second kappa shape index (κ2) is 3.21. The topological polar surface area (TPSA) is 76.5 Å². The van der Waals surface area contributed by atoms with Gasteiger partial charge in [0.05, 0.1) is 18.9 Å². The molecule has 0 aliphatic rings. The predicted octanol–water partition coefficient (Wildman–Crippen LogP) is 0.754. The molecule has 1 aromatic rings. The largest absolute Gasteiger partial charge is 0.481 e. The highest BCUT2D eigenvalue weighted by Crippen LogP contribution is 2.13. The molecule has 1 atom stereocenters. The molecule has 1 aromatic heterocycles. The fourth-order valence-electron chi connectivity index (χ4n) is 0.792. The molecule has 11 heavy (non-hydrogen) atoms. The molecular formula is C7H9NO3. The van der Waals surface area contributed by atoms with Crippen LogP contribution in [0, 0.1) is 0 Å². The molecule has 3 N–H and O–H groups in total. The van der Waals surface area contributed by atoms with Gasteiger partial charge in [-0.2, -0.15) is 0 Å². The fourth-order valence-corrected chi connectivity index (χ4v) is 0.792. The normalized spacial score (nSPS) is 12.8. The lowest BCUT2D eigenvalue weighted by atomic mass is 10.1. The van der Waals surface area contributed by atoms with E-state index < -0.39 is 12.0 Å². The fraction of sp³-hybridized carbons (Fsp3) is 0.286. The average molecular weight is 155 g/mol. The molecular weight excluding hydrogens is 146 g/mol. The first-order valence-corrected chi connectivity index (χ1v) is 3.19. The highest BCUT2D eigenvalue weighted by Gasteiger charge is 2.10. The summed E-state index contributed by atoms with van der Waals surface area (Å²) in [6.45, 7) is 0. The van der Waals surface area contributed by atoms with Crippen molar-refractivity contribution in [2.24, 2.45) is 5.73 Å². The van der Waals surface area contributed by atoms with Crippen LogP contribution in [0.15, 0.2) is 23.0 Å². The lowest BCUT2D eigenvalue weighted by Crippen LogP contribution is -2.13. The standard InChI is InChI=1S/C7H9NO3/c8-6(3-7(9)10)5-1-2-11-4-5/h1-2,4,6H,3,8H2,(H,9,10)/t6-/m0/s1. The smallest absolute Gasteiger partial charge is 0.305 e. The minimum absolute atomic E-state index is 0.0699. The van der Waals surface area contributed by atoms with Crippen LogP contribution in [0.25, 0.3) is 0 Å². The molecule has 0 fully saturated rings. The molecule has 0 aliphatic carbocycles. The van der Waals surface area contributed by atoms with Crippen molar-refractivity contribution in [3.05, 3.63) is 24.2 Å². The minimum Gasteiger partial charge on any atom is -0.481 e. The van der Waals surface area contributed by atoms with E-state index in [9.17, 15) is 4.79 Å². The Labute approximate surface area is 63.6 Å².